The van der Waals surface area contributed by atoms with Gasteiger partial charge in [0.2, 0.25) is 0 Å². The Morgan fingerprint density at radius 2 is 1.88 bits per heavy atom. The summed E-state index contributed by atoms with van der Waals surface area (Å²) in [6, 6.07) is 2.57. The van der Waals surface area contributed by atoms with E-state index < -0.39 is 29.0 Å². The van der Waals surface area contributed by atoms with Crippen LogP contribution < -0.4 is 21.0 Å². The second-order valence-electron chi connectivity index (χ2n) is 5.09. The lowest BCUT2D eigenvalue weighted by Crippen LogP contribution is -2.39. The number of fused-ring (bicyclic) bond motifs is 1. The molecule has 0 radical (unpaired) electrons. The van der Waals surface area contributed by atoms with Crippen LogP contribution in [0.15, 0.2) is 27.8 Å². The number of benzene rings is 1. The summed E-state index contributed by atoms with van der Waals surface area (Å²) in [5.41, 5.74) is -4.30. The van der Waals surface area contributed by atoms with Crippen LogP contribution in [0.3, 0.4) is 0 Å². The number of amides is 1. The van der Waals surface area contributed by atoms with E-state index in [1.165, 1.54) is 13.2 Å². The SMILES string of the molecule is CON1C(=O)COc2cc(Cl)c(-n3c(=O)cc(C(F)(F)F)[nH]c3=O)cc21. The van der Waals surface area contributed by atoms with E-state index in [0.717, 1.165) is 11.1 Å². The molecule has 1 aliphatic rings. The van der Waals surface area contributed by atoms with Crippen LogP contribution in [0.2, 0.25) is 5.02 Å². The van der Waals surface area contributed by atoms with Crippen molar-refractivity contribution in [3.63, 3.8) is 0 Å². The van der Waals surface area contributed by atoms with Crippen molar-refractivity contribution in [2.75, 3.05) is 18.8 Å². The monoisotopic (exact) mass is 391 g/mol. The van der Waals surface area contributed by atoms with E-state index >= 15 is 0 Å². The Labute approximate surface area is 147 Å². The fourth-order valence-electron chi connectivity index (χ4n) is 2.39. The molecule has 0 saturated heterocycles. The van der Waals surface area contributed by atoms with Gasteiger partial charge in [0.05, 0.1) is 17.8 Å². The number of aromatic nitrogens is 2. The highest BCUT2D eigenvalue weighted by Gasteiger charge is 2.33. The lowest BCUT2D eigenvalue weighted by molar-refractivity contribution is -0.141. The summed E-state index contributed by atoms with van der Waals surface area (Å²) in [6.07, 6.45) is -4.90. The molecule has 26 heavy (non-hydrogen) atoms. The van der Waals surface area contributed by atoms with Gasteiger partial charge in [-0.15, -0.1) is 0 Å². The Morgan fingerprint density at radius 1 is 1.19 bits per heavy atom. The van der Waals surface area contributed by atoms with Crippen LogP contribution >= 0.6 is 11.6 Å². The molecule has 1 aromatic carbocycles. The molecule has 0 spiro atoms. The highest BCUT2D eigenvalue weighted by molar-refractivity contribution is 6.32. The predicted molar refractivity (Wildman–Crippen MR) is 82.7 cm³/mol. The number of aromatic amines is 1. The van der Waals surface area contributed by atoms with Crippen LogP contribution in [0.1, 0.15) is 5.69 Å². The molecule has 1 amide bonds. The molecule has 0 saturated carbocycles. The number of halogens is 4. The third kappa shape index (κ3) is 2.95. The summed E-state index contributed by atoms with van der Waals surface area (Å²) < 4.78 is 43.7. The van der Waals surface area contributed by atoms with Crippen molar-refractivity contribution in [1.82, 2.24) is 9.55 Å². The van der Waals surface area contributed by atoms with Gasteiger partial charge in [0, 0.05) is 12.1 Å². The van der Waals surface area contributed by atoms with Gasteiger partial charge in [-0.1, -0.05) is 11.6 Å². The van der Waals surface area contributed by atoms with Gasteiger partial charge >= 0.3 is 11.9 Å². The molecule has 0 fully saturated rings. The van der Waals surface area contributed by atoms with Gasteiger partial charge in [0.15, 0.2) is 6.61 Å². The second-order valence-corrected chi connectivity index (χ2v) is 5.50. The van der Waals surface area contributed by atoms with Gasteiger partial charge in [-0.3, -0.25) is 14.4 Å². The Morgan fingerprint density at radius 3 is 2.46 bits per heavy atom. The van der Waals surface area contributed by atoms with E-state index in [-0.39, 0.29) is 34.8 Å². The van der Waals surface area contributed by atoms with Crippen molar-refractivity contribution in [3.8, 4) is 11.4 Å². The number of rotatable bonds is 2. The Kier molecular flexibility index (Phi) is 4.28. The molecule has 1 aliphatic heterocycles. The zero-order chi connectivity index (χ0) is 19.2. The normalized spacial score (nSPS) is 14.2. The number of nitrogens with zero attached hydrogens (tertiary/aromatic N) is 2. The summed E-state index contributed by atoms with van der Waals surface area (Å²) in [6.45, 7) is -0.322. The Balaban J connectivity index is 2.23. The standard InChI is InChI=1S/C14H9ClF3N3O5/c1-25-21-8-3-7(6(15)2-9(8)26-5-12(21)23)20-11(22)4-10(14(16,17)18)19-13(20)24/h2-4H,5H2,1H3,(H,19,24). The third-order valence-corrected chi connectivity index (χ3v) is 3.79. The highest BCUT2D eigenvalue weighted by Crippen LogP contribution is 2.37. The van der Waals surface area contributed by atoms with Crippen LogP contribution in [0.25, 0.3) is 5.69 Å². The Bertz CT molecular complexity index is 983. The number of hydrogen-bond acceptors (Lipinski definition) is 5. The van der Waals surface area contributed by atoms with Gasteiger partial charge in [-0.25, -0.2) is 9.36 Å². The molecule has 0 aliphatic carbocycles. The van der Waals surface area contributed by atoms with E-state index in [2.05, 4.69) is 0 Å². The molecule has 1 N–H and O–H groups in total. The van der Waals surface area contributed by atoms with Crippen molar-refractivity contribution >= 4 is 23.2 Å². The second kappa shape index (κ2) is 6.18. The molecule has 12 heteroatoms. The summed E-state index contributed by atoms with van der Waals surface area (Å²) in [5, 5.41) is 0.698. The molecule has 0 unspecified atom stereocenters. The molecule has 8 nitrogen and oxygen atoms in total. The minimum absolute atomic E-state index is 0.0364. The number of nitrogens with one attached hydrogen (secondary N) is 1. The first kappa shape index (κ1) is 18.0. The topological polar surface area (TPSA) is 93.6 Å². The average molecular weight is 392 g/mol. The number of H-pyrrole nitrogens is 1. The summed E-state index contributed by atoms with van der Waals surface area (Å²) >= 11 is 6.04. The smallest absolute Gasteiger partial charge is 0.431 e. The minimum atomic E-state index is -4.90. The van der Waals surface area contributed by atoms with E-state index in [1.54, 1.807) is 4.98 Å². The van der Waals surface area contributed by atoms with Gasteiger partial charge < -0.3 is 9.72 Å². The first-order valence-electron chi connectivity index (χ1n) is 6.91. The zero-order valence-electron chi connectivity index (χ0n) is 12.9. The number of carbonyl (C=O) groups excluding carboxylic acids is 1. The molecular weight excluding hydrogens is 383 g/mol. The van der Waals surface area contributed by atoms with Crippen molar-refractivity contribution in [2.45, 2.75) is 6.18 Å². The fraction of sp³-hybridized carbons (Fsp3) is 0.214. The Hall–Kier alpha value is -2.79. The lowest BCUT2D eigenvalue weighted by Gasteiger charge is -2.27. The van der Waals surface area contributed by atoms with Crippen LogP contribution in [-0.2, 0) is 15.8 Å². The molecular formula is C14H9ClF3N3O5. The first-order chi connectivity index (χ1) is 12.1. The molecule has 2 heterocycles. The molecule has 0 bridgehead atoms. The van der Waals surface area contributed by atoms with Crippen molar-refractivity contribution in [3.05, 3.63) is 49.8 Å². The first-order valence-corrected chi connectivity index (χ1v) is 7.28. The molecule has 1 aromatic heterocycles. The largest absolute Gasteiger partial charge is 0.481 e. The number of hydroxylamine groups is 1. The van der Waals surface area contributed by atoms with E-state index in [1.807, 2.05) is 0 Å². The average Bonchev–Trinajstić information content (AvgIpc) is 2.54. The zero-order valence-corrected chi connectivity index (χ0v) is 13.6. The maximum absolute atomic E-state index is 12.7. The predicted octanol–water partition coefficient (Wildman–Crippen LogP) is 1.48. The van der Waals surface area contributed by atoms with Gasteiger partial charge in [-0.2, -0.15) is 18.2 Å². The summed E-state index contributed by atoms with van der Waals surface area (Å²) in [4.78, 5) is 42.4. The highest BCUT2D eigenvalue weighted by atomic mass is 35.5. The van der Waals surface area contributed by atoms with E-state index in [0.29, 0.717) is 4.57 Å². The number of alkyl halides is 3. The quantitative estimate of drug-likeness (QED) is 0.837. The van der Waals surface area contributed by atoms with Crippen molar-refractivity contribution in [1.29, 1.82) is 0 Å². The summed E-state index contributed by atoms with van der Waals surface area (Å²) in [7, 11) is 1.21. The third-order valence-electron chi connectivity index (χ3n) is 3.49. The van der Waals surface area contributed by atoms with Crippen molar-refractivity contribution in [2.24, 2.45) is 0 Å². The number of carbonyl (C=O) groups is 1. The number of hydrogen-bond donors (Lipinski definition) is 1. The van der Waals surface area contributed by atoms with Crippen LogP contribution in [-0.4, -0.2) is 29.2 Å². The minimum Gasteiger partial charge on any atom is -0.481 e. The van der Waals surface area contributed by atoms with Crippen molar-refractivity contribution < 1.29 is 27.5 Å². The molecule has 138 valence electrons. The van der Waals surface area contributed by atoms with Crippen LogP contribution in [0.5, 0.6) is 5.75 Å². The maximum atomic E-state index is 12.7. The van der Waals surface area contributed by atoms with Gasteiger partial charge in [0.1, 0.15) is 17.1 Å². The van der Waals surface area contributed by atoms with Crippen LogP contribution in [0, 0.1) is 0 Å². The molecule has 0 atom stereocenters. The summed E-state index contributed by atoms with van der Waals surface area (Å²) in [5.74, 6) is -0.432. The van der Waals surface area contributed by atoms with Crippen LogP contribution in [0.4, 0.5) is 18.9 Å². The van der Waals surface area contributed by atoms with E-state index in [9.17, 15) is 27.6 Å². The van der Waals surface area contributed by atoms with Gasteiger partial charge in [0.25, 0.3) is 11.5 Å². The lowest BCUT2D eigenvalue weighted by atomic mass is 10.2. The number of anilines is 1. The number of ether oxygens (including phenoxy) is 1. The maximum Gasteiger partial charge on any atom is 0.431 e. The molecule has 3 rings (SSSR count). The van der Waals surface area contributed by atoms with E-state index in [4.69, 9.17) is 21.2 Å². The van der Waals surface area contributed by atoms with Gasteiger partial charge in [-0.05, 0) is 6.07 Å². The molecule has 2 aromatic rings. The fourth-order valence-corrected chi connectivity index (χ4v) is 2.63.